The summed E-state index contributed by atoms with van der Waals surface area (Å²) in [7, 11) is 0. The molecule has 5 nitrogen and oxygen atoms in total. The molecule has 1 aromatic heterocycles. The average molecular weight is 316 g/mol. The molecule has 2 unspecified atom stereocenters. The predicted octanol–water partition coefficient (Wildman–Crippen LogP) is 2.41. The second-order valence-corrected chi connectivity index (χ2v) is 6.92. The molecule has 0 aliphatic carbocycles. The fourth-order valence-corrected chi connectivity index (χ4v) is 4.35. The van der Waals surface area contributed by atoms with Gasteiger partial charge in [-0.1, -0.05) is 0 Å². The second-order valence-electron chi connectivity index (χ2n) is 6.92. The topological polar surface area (TPSA) is 51.7 Å². The maximum atomic E-state index is 12.9. The Labute approximate surface area is 137 Å². The number of hydrogen-bond acceptors (Lipinski definition) is 4. The van der Waals surface area contributed by atoms with Gasteiger partial charge < -0.3 is 14.4 Å². The van der Waals surface area contributed by atoms with E-state index < -0.39 is 0 Å². The molecule has 3 saturated heterocycles. The third-order valence-corrected chi connectivity index (χ3v) is 5.45. The Morgan fingerprint density at radius 2 is 1.91 bits per heavy atom. The number of carbonyl (C=O) groups is 1. The molecule has 1 amide bonds. The van der Waals surface area contributed by atoms with Crippen molar-refractivity contribution in [2.24, 2.45) is 5.92 Å². The molecular weight excluding hydrogens is 292 g/mol. The van der Waals surface area contributed by atoms with Crippen molar-refractivity contribution in [1.29, 1.82) is 0 Å². The van der Waals surface area contributed by atoms with E-state index in [4.69, 9.17) is 9.47 Å². The summed E-state index contributed by atoms with van der Waals surface area (Å²) in [6.07, 6.45) is 9.61. The Kier molecular flexibility index (Phi) is 4.21. The Balaban J connectivity index is 1.40. The van der Waals surface area contributed by atoms with Gasteiger partial charge in [0.1, 0.15) is 11.9 Å². The number of hydrogen-bond donors (Lipinski definition) is 0. The fraction of sp³-hybridized carbons (Fsp3) is 0.667. The molecule has 0 N–H and O–H groups in total. The number of rotatable bonds is 3. The molecule has 0 spiro atoms. The summed E-state index contributed by atoms with van der Waals surface area (Å²) in [5, 5.41) is 0. The first kappa shape index (κ1) is 14.9. The smallest absolute Gasteiger partial charge is 0.226 e. The van der Waals surface area contributed by atoms with Crippen molar-refractivity contribution in [3.8, 4) is 5.75 Å². The number of carbonyl (C=O) groups excluding carboxylic acids is 1. The Hall–Kier alpha value is -1.62. The van der Waals surface area contributed by atoms with Crippen molar-refractivity contribution < 1.29 is 14.3 Å². The Bertz CT molecular complexity index is 530. The fourth-order valence-electron chi connectivity index (χ4n) is 4.35. The lowest BCUT2D eigenvalue weighted by Gasteiger charge is -2.41. The van der Waals surface area contributed by atoms with Crippen molar-refractivity contribution in [1.82, 2.24) is 9.88 Å². The molecular formula is C18H24N2O3. The third-order valence-electron chi connectivity index (χ3n) is 5.45. The van der Waals surface area contributed by atoms with E-state index in [1.807, 2.05) is 12.1 Å². The van der Waals surface area contributed by atoms with E-state index >= 15 is 0 Å². The van der Waals surface area contributed by atoms with E-state index in [2.05, 4.69) is 9.88 Å². The zero-order valence-electron chi connectivity index (χ0n) is 13.4. The van der Waals surface area contributed by atoms with Gasteiger partial charge in [-0.2, -0.15) is 0 Å². The van der Waals surface area contributed by atoms with Gasteiger partial charge in [-0.05, 0) is 37.8 Å². The molecule has 0 aromatic carbocycles. The van der Waals surface area contributed by atoms with Crippen LogP contribution < -0.4 is 4.74 Å². The van der Waals surface area contributed by atoms with Crippen LogP contribution in [-0.4, -0.2) is 47.2 Å². The summed E-state index contributed by atoms with van der Waals surface area (Å²) >= 11 is 0. The summed E-state index contributed by atoms with van der Waals surface area (Å²) in [6.45, 7) is 1.46. The maximum Gasteiger partial charge on any atom is 0.226 e. The van der Waals surface area contributed by atoms with E-state index in [9.17, 15) is 4.79 Å². The lowest BCUT2D eigenvalue weighted by Crippen LogP contribution is -2.51. The highest BCUT2D eigenvalue weighted by Crippen LogP contribution is 2.39. The van der Waals surface area contributed by atoms with Crippen LogP contribution in [0.3, 0.4) is 0 Å². The summed E-state index contributed by atoms with van der Waals surface area (Å²) in [6, 6.07) is 4.55. The minimum Gasteiger partial charge on any atom is -0.489 e. The van der Waals surface area contributed by atoms with Crippen LogP contribution in [0.15, 0.2) is 24.5 Å². The summed E-state index contributed by atoms with van der Waals surface area (Å²) in [5.74, 6) is 1.37. The number of ether oxygens (including phenoxy) is 2. The zero-order valence-corrected chi connectivity index (χ0v) is 13.4. The molecule has 0 saturated carbocycles. The summed E-state index contributed by atoms with van der Waals surface area (Å²) < 4.78 is 11.5. The molecule has 1 aromatic rings. The van der Waals surface area contributed by atoms with Crippen LogP contribution in [0.2, 0.25) is 0 Å². The van der Waals surface area contributed by atoms with E-state index in [1.54, 1.807) is 12.4 Å². The lowest BCUT2D eigenvalue weighted by atomic mass is 9.93. The molecule has 4 heterocycles. The molecule has 3 fully saturated rings. The second kappa shape index (κ2) is 6.48. The number of pyridine rings is 1. The highest BCUT2D eigenvalue weighted by atomic mass is 16.5. The van der Waals surface area contributed by atoms with Crippen molar-refractivity contribution in [2.75, 3.05) is 13.2 Å². The van der Waals surface area contributed by atoms with Crippen LogP contribution >= 0.6 is 0 Å². The van der Waals surface area contributed by atoms with Crippen molar-refractivity contribution >= 4 is 5.91 Å². The van der Waals surface area contributed by atoms with Crippen LogP contribution in [0.1, 0.15) is 38.5 Å². The van der Waals surface area contributed by atoms with Crippen molar-refractivity contribution in [3.05, 3.63) is 24.5 Å². The van der Waals surface area contributed by atoms with Crippen molar-refractivity contribution in [3.63, 3.8) is 0 Å². The molecule has 124 valence electrons. The largest absolute Gasteiger partial charge is 0.489 e. The Morgan fingerprint density at radius 1 is 1.17 bits per heavy atom. The van der Waals surface area contributed by atoms with Crippen LogP contribution in [0.4, 0.5) is 0 Å². The molecule has 2 atom stereocenters. The number of amides is 1. The minimum absolute atomic E-state index is 0.169. The predicted molar refractivity (Wildman–Crippen MR) is 85.1 cm³/mol. The van der Waals surface area contributed by atoms with Crippen LogP contribution in [0.25, 0.3) is 0 Å². The lowest BCUT2D eigenvalue weighted by molar-refractivity contribution is -0.144. The molecule has 2 bridgehead atoms. The van der Waals surface area contributed by atoms with Crippen LogP contribution in [0.5, 0.6) is 5.75 Å². The number of piperidine rings is 1. The zero-order chi connectivity index (χ0) is 15.6. The standard InChI is InChI=1S/C18H24N2O3/c21-18(13-5-8-22-9-6-13)20-14-3-4-15(20)11-17(10-14)23-16-2-1-7-19-12-16/h1-2,7,12-15,17H,3-6,8-11H2. The SMILES string of the molecule is O=C(C1CCOCC1)N1C2CCC1CC(Oc1cccnc1)C2. The summed E-state index contributed by atoms with van der Waals surface area (Å²) in [5.41, 5.74) is 0. The van der Waals surface area contributed by atoms with Gasteiger partial charge in [0.05, 0.1) is 6.20 Å². The minimum atomic E-state index is 0.169. The number of nitrogens with zero attached hydrogens (tertiary/aromatic N) is 2. The molecule has 5 heteroatoms. The maximum absolute atomic E-state index is 12.9. The first-order chi connectivity index (χ1) is 11.3. The number of fused-ring (bicyclic) bond motifs is 2. The van der Waals surface area contributed by atoms with E-state index in [-0.39, 0.29) is 12.0 Å². The summed E-state index contributed by atoms with van der Waals surface area (Å²) in [4.78, 5) is 19.2. The van der Waals surface area contributed by atoms with Gasteiger partial charge in [0.15, 0.2) is 0 Å². The van der Waals surface area contributed by atoms with Gasteiger partial charge in [-0.15, -0.1) is 0 Å². The van der Waals surface area contributed by atoms with Crippen molar-refractivity contribution in [2.45, 2.75) is 56.7 Å². The number of aromatic nitrogens is 1. The first-order valence-electron chi connectivity index (χ1n) is 8.78. The normalized spacial score (nSPS) is 31.1. The van der Waals surface area contributed by atoms with E-state index in [0.717, 1.165) is 57.5 Å². The van der Waals surface area contributed by atoms with E-state index in [1.165, 1.54) is 0 Å². The Morgan fingerprint density at radius 3 is 2.57 bits per heavy atom. The quantitative estimate of drug-likeness (QED) is 0.859. The van der Waals surface area contributed by atoms with E-state index in [0.29, 0.717) is 18.0 Å². The van der Waals surface area contributed by atoms with Gasteiger partial charge >= 0.3 is 0 Å². The molecule has 0 radical (unpaired) electrons. The van der Waals surface area contributed by atoms with Crippen LogP contribution in [0, 0.1) is 5.92 Å². The highest BCUT2D eigenvalue weighted by Gasteiger charge is 2.45. The van der Waals surface area contributed by atoms with Gasteiger partial charge in [-0.25, -0.2) is 0 Å². The molecule has 3 aliphatic heterocycles. The molecule has 3 aliphatic rings. The molecule has 23 heavy (non-hydrogen) atoms. The third kappa shape index (κ3) is 3.07. The average Bonchev–Trinajstić information content (AvgIpc) is 2.87. The first-order valence-corrected chi connectivity index (χ1v) is 8.78. The van der Waals surface area contributed by atoms with Gasteiger partial charge in [-0.3, -0.25) is 9.78 Å². The van der Waals surface area contributed by atoms with Gasteiger partial charge in [0.2, 0.25) is 5.91 Å². The monoisotopic (exact) mass is 316 g/mol. The highest BCUT2D eigenvalue weighted by molar-refractivity contribution is 5.80. The molecule has 4 rings (SSSR count). The van der Waals surface area contributed by atoms with Crippen LogP contribution in [-0.2, 0) is 9.53 Å². The van der Waals surface area contributed by atoms with Gasteiger partial charge in [0.25, 0.3) is 0 Å². The van der Waals surface area contributed by atoms with Gasteiger partial charge in [0, 0.05) is 50.3 Å².